The molecule has 0 aromatic rings. The summed E-state index contributed by atoms with van der Waals surface area (Å²) in [6.07, 6.45) is 12.2. The number of esters is 1. The predicted octanol–water partition coefficient (Wildman–Crippen LogP) is 9.43. The molecule has 0 aromatic heterocycles. The maximum absolute atomic E-state index is 12.6. The molecule has 1 saturated heterocycles. The molecule has 0 amide bonds. The van der Waals surface area contributed by atoms with Gasteiger partial charge >= 0.3 is 5.97 Å². The van der Waals surface area contributed by atoms with Crippen LogP contribution < -0.4 is 5.32 Å². The van der Waals surface area contributed by atoms with Crippen molar-refractivity contribution in [1.29, 1.82) is 0 Å². The van der Waals surface area contributed by atoms with Gasteiger partial charge in [0.1, 0.15) is 6.10 Å². The van der Waals surface area contributed by atoms with Crippen LogP contribution in [-0.4, -0.2) is 82.5 Å². The molecule has 9 heteroatoms. The van der Waals surface area contributed by atoms with Crippen molar-refractivity contribution in [3.63, 3.8) is 0 Å². The molecule has 1 aliphatic heterocycles. The number of rotatable bonds is 9. The van der Waals surface area contributed by atoms with Crippen LogP contribution >= 0.6 is 0 Å². The lowest BCUT2D eigenvalue weighted by Crippen LogP contribution is -2.68. The first-order chi connectivity index (χ1) is 24.8. The molecule has 6 fully saturated rings. The summed E-state index contributed by atoms with van der Waals surface area (Å²) < 4.78 is 38.3. The van der Waals surface area contributed by atoms with Crippen LogP contribution in [0.15, 0.2) is 12.2 Å². The van der Waals surface area contributed by atoms with E-state index in [9.17, 15) is 13.2 Å². The maximum atomic E-state index is 12.6. The number of ether oxygens (including phenoxy) is 1. The Kier molecular flexibility index (Phi) is 11.3. The largest absolute Gasteiger partial charge is 0.462 e. The summed E-state index contributed by atoms with van der Waals surface area (Å²) in [6.45, 7) is 37.3. The highest BCUT2D eigenvalue weighted by molar-refractivity contribution is 7.91. The lowest BCUT2D eigenvalue weighted by Gasteiger charge is -2.72. The number of nitrogens with zero attached hydrogens (tertiary/aromatic N) is 1. The molecule has 0 radical (unpaired) electrons. The number of carbonyl (C=O) groups is 1. The normalized spacial score (nSPS) is 43.1. The van der Waals surface area contributed by atoms with Gasteiger partial charge < -0.3 is 14.5 Å². The van der Waals surface area contributed by atoms with Crippen molar-refractivity contribution in [2.75, 3.05) is 31.1 Å². The fraction of sp³-hybridized carbons (Fsp3) is 0.933. The summed E-state index contributed by atoms with van der Waals surface area (Å²) >= 11 is 0. The van der Waals surface area contributed by atoms with Crippen LogP contribution in [0.25, 0.3) is 0 Å². The van der Waals surface area contributed by atoms with Gasteiger partial charge in [-0.2, -0.15) is 0 Å². The van der Waals surface area contributed by atoms with E-state index in [1.807, 2.05) is 0 Å². The van der Waals surface area contributed by atoms with Gasteiger partial charge in [0.05, 0.1) is 17.6 Å². The second-order valence-electron chi connectivity index (χ2n) is 22.5. The molecule has 0 spiro atoms. The van der Waals surface area contributed by atoms with Gasteiger partial charge in [0.15, 0.2) is 18.2 Å². The van der Waals surface area contributed by atoms with E-state index in [1.54, 1.807) is 6.92 Å². The summed E-state index contributed by atoms with van der Waals surface area (Å²) in [5.74, 6) is 3.43. The van der Waals surface area contributed by atoms with E-state index in [0.29, 0.717) is 42.7 Å². The summed E-state index contributed by atoms with van der Waals surface area (Å²) in [6, 6.07) is 0.0915. The quantitative estimate of drug-likeness (QED) is 0.142. The van der Waals surface area contributed by atoms with E-state index >= 15 is 0 Å². The van der Waals surface area contributed by atoms with Crippen LogP contribution in [0.4, 0.5) is 0 Å². The lowest BCUT2D eigenvalue weighted by atomic mass is 9.33. The van der Waals surface area contributed by atoms with Crippen molar-refractivity contribution in [3.8, 4) is 0 Å². The van der Waals surface area contributed by atoms with E-state index in [4.69, 9.17) is 15.7 Å². The molecule has 12 atom stereocenters. The zero-order valence-electron chi connectivity index (χ0n) is 36.8. The number of nitrogens with one attached hydrogen (secondary N) is 1. The second kappa shape index (κ2) is 14.2. The first-order valence-corrected chi connectivity index (χ1v) is 26.7. The zero-order valence-corrected chi connectivity index (χ0v) is 38.6. The number of hydrogen-bond donors (Lipinski definition) is 1. The van der Waals surface area contributed by atoms with Gasteiger partial charge in [0.25, 0.3) is 0 Å². The molecule has 6 aliphatic rings. The summed E-state index contributed by atoms with van der Waals surface area (Å²) in [5.41, 5.74) is 1.86. The van der Waals surface area contributed by atoms with Gasteiger partial charge in [-0.25, -0.2) is 8.42 Å². The van der Waals surface area contributed by atoms with Crippen molar-refractivity contribution in [2.24, 2.45) is 51.2 Å². The minimum Gasteiger partial charge on any atom is -0.462 e. The Labute approximate surface area is 332 Å². The van der Waals surface area contributed by atoms with Crippen molar-refractivity contribution in [1.82, 2.24) is 10.2 Å². The van der Waals surface area contributed by atoms with Crippen molar-refractivity contribution >= 4 is 24.1 Å². The monoisotopic (exact) mass is 789 g/mol. The van der Waals surface area contributed by atoms with Crippen molar-refractivity contribution < 1.29 is 22.4 Å². The molecule has 1 N–H and O–H groups in total. The molecular formula is C45H80N2O5SSi. The van der Waals surface area contributed by atoms with Gasteiger partial charge in [-0.05, 0) is 142 Å². The molecule has 54 heavy (non-hydrogen) atoms. The smallest absolute Gasteiger partial charge is 0.302 e. The summed E-state index contributed by atoms with van der Waals surface area (Å²) in [4.78, 5) is 14.6. The topological polar surface area (TPSA) is 84.9 Å². The minimum absolute atomic E-state index is 0.00806. The molecule has 7 nitrogen and oxygen atoms in total. The molecule has 0 bridgehead atoms. The summed E-state index contributed by atoms with van der Waals surface area (Å²) in [5, 5.41) is 4.43. The van der Waals surface area contributed by atoms with E-state index in [2.05, 4.69) is 92.5 Å². The molecular weight excluding hydrogens is 709 g/mol. The van der Waals surface area contributed by atoms with E-state index < -0.39 is 18.2 Å². The number of carbonyl (C=O) groups excluding carboxylic acids is 1. The van der Waals surface area contributed by atoms with Crippen LogP contribution in [0.1, 0.15) is 140 Å². The maximum Gasteiger partial charge on any atom is 0.302 e. The SMILES string of the molecule is C=C(C)C1(NC[C@H]([C@@H](C)O[Si](C)(C)C(C)(C)C)N2CCS(=O)(=O)CC2)CCC2CCC3(C)C(CCC4C5(C)CCC(OC(C)=O)C(C)(C)C5CCC43C)C21. The Bertz CT molecular complexity index is 1540. The zero-order chi connectivity index (χ0) is 40.1. The Hall–Kier alpha value is -0.743. The predicted molar refractivity (Wildman–Crippen MR) is 225 cm³/mol. The first kappa shape index (κ1) is 42.9. The Morgan fingerprint density at radius 3 is 2.09 bits per heavy atom. The third-order valence-electron chi connectivity index (χ3n) is 18.7. The Morgan fingerprint density at radius 2 is 1.50 bits per heavy atom. The average Bonchev–Trinajstić information content (AvgIpc) is 3.42. The number of fused-ring (bicyclic) bond motifs is 7. The average molecular weight is 789 g/mol. The van der Waals surface area contributed by atoms with Crippen LogP contribution in [0.3, 0.4) is 0 Å². The van der Waals surface area contributed by atoms with Gasteiger partial charge in [0, 0.05) is 43.6 Å². The molecule has 0 aromatic carbocycles. The summed E-state index contributed by atoms with van der Waals surface area (Å²) in [7, 11) is -5.06. The van der Waals surface area contributed by atoms with E-state index in [1.165, 1.54) is 50.5 Å². The molecule has 5 saturated carbocycles. The van der Waals surface area contributed by atoms with Crippen LogP contribution in [0.2, 0.25) is 18.1 Å². The van der Waals surface area contributed by atoms with E-state index in [0.717, 1.165) is 25.8 Å². The van der Waals surface area contributed by atoms with E-state index in [-0.39, 0.29) is 68.0 Å². The number of sulfone groups is 1. The second-order valence-corrected chi connectivity index (χ2v) is 29.5. The first-order valence-electron chi connectivity index (χ1n) is 22.0. The Balaban J connectivity index is 1.29. The van der Waals surface area contributed by atoms with Crippen LogP contribution in [-0.2, 0) is 23.8 Å². The molecule has 10 unspecified atom stereocenters. The lowest BCUT2D eigenvalue weighted by molar-refractivity contribution is -0.244. The third-order valence-corrected chi connectivity index (χ3v) is 24.9. The fourth-order valence-corrected chi connectivity index (χ4v) is 17.2. The standard InChI is InChI=1S/C45H80N2O5SSi/c1-30(2)45(46-29-35(47-25-27-53(49,50)28-26-47)31(3)52-54(13,14)40(5,6)7)24-18-33-17-22-43(11)34(39(33)45)15-16-37-42(10)21-20-38(51-32(4)48)41(8,9)36(42)19-23-44(37,43)12/h31,33-39,46H,1,15-29H2,2-14H3/t31-,33?,34?,35-,36?,37?,38?,39?,42?,43?,44?,45?/m1/s1. The third kappa shape index (κ3) is 6.87. The minimum atomic E-state index is -3.00. The molecule has 310 valence electrons. The van der Waals surface area contributed by atoms with Gasteiger partial charge in [-0.3, -0.25) is 9.69 Å². The molecule has 5 aliphatic carbocycles. The molecule has 6 rings (SSSR count). The highest BCUT2D eigenvalue weighted by atomic mass is 32.2. The highest BCUT2D eigenvalue weighted by Gasteiger charge is 2.70. The highest BCUT2D eigenvalue weighted by Crippen LogP contribution is 2.76. The Morgan fingerprint density at radius 1 is 0.889 bits per heavy atom. The fourth-order valence-electron chi connectivity index (χ4n) is 14.6. The molecule has 1 heterocycles. The van der Waals surface area contributed by atoms with Gasteiger partial charge in [0.2, 0.25) is 0 Å². The number of hydrogen-bond acceptors (Lipinski definition) is 7. The van der Waals surface area contributed by atoms with Crippen molar-refractivity contribution in [2.45, 2.75) is 182 Å². The van der Waals surface area contributed by atoms with Crippen molar-refractivity contribution in [3.05, 3.63) is 12.2 Å². The van der Waals surface area contributed by atoms with Crippen LogP contribution in [0, 0.1) is 51.2 Å². The van der Waals surface area contributed by atoms with Gasteiger partial charge in [-0.1, -0.05) is 67.5 Å². The van der Waals surface area contributed by atoms with Gasteiger partial charge in [-0.15, -0.1) is 0 Å². The van der Waals surface area contributed by atoms with Crippen LogP contribution in [0.5, 0.6) is 0 Å².